The van der Waals surface area contributed by atoms with Crippen molar-refractivity contribution in [2.75, 3.05) is 5.73 Å². The Morgan fingerprint density at radius 1 is 1.53 bits per heavy atom. The molecule has 6 heteroatoms. The molecule has 0 atom stereocenters. The molecule has 0 aliphatic carbocycles. The third kappa shape index (κ3) is 2.78. The molecule has 1 aromatic heterocycles. The predicted octanol–water partition coefficient (Wildman–Crippen LogP) is 2.91. The molecule has 0 radical (unpaired) electrons. The third-order valence-electron chi connectivity index (χ3n) is 2.14. The average Bonchev–Trinajstić information content (AvgIpc) is 2.60. The minimum absolute atomic E-state index is 0.371. The number of rotatable bonds is 2. The second-order valence-corrected chi connectivity index (χ2v) is 4.96. The minimum atomic E-state index is 0.371. The molecular formula is C11H10ClIN4. The Morgan fingerprint density at radius 3 is 2.94 bits per heavy atom. The maximum Gasteiger partial charge on any atom is 0.221 e. The summed E-state index contributed by atoms with van der Waals surface area (Å²) in [6.07, 6.45) is 3.48. The standard InChI is InChI=1S/C11H10ClIN4/c1-7-6-17(11(14)16-7)15-5-8-3-2-4-9(12)10(8)13/h2-6H,1H3,(H2,14,16). The van der Waals surface area contributed by atoms with Crippen LogP contribution in [-0.2, 0) is 0 Å². The van der Waals surface area contributed by atoms with E-state index in [0.29, 0.717) is 11.0 Å². The highest BCUT2D eigenvalue weighted by Crippen LogP contribution is 2.20. The molecule has 0 aliphatic rings. The van der Waals surface area contributed by atoms with E-state index in [1.165, 1.54) is 4.68 Å². The van der Waals surface area contributed by atoms with Gasteiger partial charge < -0.3 is 5.73 Å². The van der Waals surface area contributed by atoms with Crippen LogP contribution in [0.25, 0.3) is 0 Å². The van der Waals surface area contributed by atoms with Crippen molar-refractivity contribution in [3.8, 4) is 0 Å². The fraction of sp³-hybridized carbons (Fsp3) is 0.0909. The highest BCUT2D eigenvalue weighted by atomic mass is 127. The van der Waals surface area contributed by atoms with Crippen molar-refractivity contribution in [3.05, 3.63) is 44.2 Å². The van der Waals surface area contributed by atoms with Crippen molar-refractivity contribution in [2.45, 2.75) is 6.92 Å². The van der Waals surface area contributed by atoms with Crippen molar-refractivity contribution in [3.63, 3.8) is 0 Å². The molecule has 0 fully saturated rings. The Balaban J connectivity index is 2.32. The zero-order chi connectivity index (χ0) is 12.4. The molecule has 0 saturated heterocycles. The van der Waals surface area contributed by atoms with Gasteiger partial charge in [-0.05, 0) is 35.6 Å². The van der Waals surface area contributed by atoms with Crippen LogP contribution in [0.3, 0.4) is 0 Å². The van der Waals surface area contributed by atoms with Gasteiger partial charge in [0.05, 0.1) is 23.1 Å². The van der Waals surface area contributed by atoms with E-state index in [2.05, 4.69) is 32.7 Å². The summed E-state index contributed by atoms with van der Waals surface area (Å²) in [6.45, 7) is 1.87. The SMILES string of the molecule is Cc1cn(N=Cc2cccc(Cl)c2I)c(N)n1. The van der Waals surface area contributed by atoms with Crippen molar-refractivity contribution < 1.29 is 0 Å². The van der Waals surface area contributed by atoms with Crippen LogP contribution in [0.15, 0.2) is 29.5 Å². The van der Waals surface area contributed by atoms with Crippen LogP contribution in [0.1, 0.15) is 11.3 Å². The molecule has 1 heterocycles. The van der Waals surface area contributed by atoms with E-state index >= 15 is 0 Å². The normalized spacial score (nSPS) is 11.2. The van der Waals surface area contributed by atoms with Crippen molar-refractivity contribution in [1.29, 1.82) is 0 Å². The molecule has 88 valence electrons. The largest absolute Gasteiger partial charge is 0.368 e. The van der Waals surface area contributed by atoms with E-state index < -0.39 is 0 Å². The van der Waals surface area contributed by atoms with Crippen LogP contribution in [0.5, 0.6) is 0 Å². The summed E-state index contributed by atoms with van der Waals surface area (Å²) in [6, 6.07) is 5.67. The van der Waals surface area contributed by atoms with Gasteiger partial charge in [0, 0.05) is 9.13 Å². The van der Waals surface area contributed by atoms with Gasteiger partial charge in [-0.1, -0.05) is 23.7 Å². The average molecular weight is 361 g/mol. The van der Waals surface area contributed by atoms with Crippen LogP contribution in [0.2, 0.25) is 5.02 Å². The summed E-state index contributed by atoms with van der Waals surface area (Å²) >= 11 is 8.20. The van der Waals surface area contributed by atoms with Gasteiger partial charge >= 0.3 is 0 Å². The fourth-order valence-electron chi connectivity index (χ4n) is 1.34. The molecule has 0 amide bonds. The lowest BCUT2D eigenvalue weighted by atomic mass is 10.2. The predicted molar refractivity (Wildman–Crippen MR) is 78.5 cm³/mol. The summed E-state index contributed by atoms with van der Waals surface area (Å²) in [4.78, 5) is 4.06. The maximum atomic E-state index is 6.02. The number of hydrogen-bond acceptors (Lipinski definition) is 3. The quantitative estimate of drug-likeness (QED) is 0.661. The monoisotopic (exact) mass is 360 g/mol. The van der Waals surface area contributed by atoms with Gasteiger partial charge in [0.25, 0.3) is 0 Å². The molecule has 0 bridgehead atoms. The molecule has 2 aromatic rings. The van der Waals surface area contributed by atoms with E-state index in [4.69, 9.17) is 17.3 Å². The maximum absolute atomic E-state index is 6.02. The molecule has 2 rings (SSSR count). The molecular weight excluding hydrogens is 351 g/mol. The number of aryl methyl sites for hydroxylation is 1. The summed E-state index contributed by atoms with van der Waals surface area (Å²) in [5, 5.41) is 4.95. The topological polar surface area (TPSA) is 56.2 Å². The number of aromatic nitrogens is 2. The third-order valence-corrected chi connectivity index (χ3v) is 3.98. The number of halogens is 2. The summed E-state index contributed by atoms with van der Waals surface area (Å²) in [5.74, 6) is 0.371. The van der Waals surface area contributed by atoms with Gasteiger partial charge in [0.1, 0.15) is 0 Å². The molecule has 0 aliphatic heterocycles. The van der Waals surface area contributed by atoms with Crippen molar-refractivity contribution >= 4 is 46.4 Å². The van der Waals surface area contributed by atoms with E-state index in [1.54, 1.807) is 12.4 Å². The lowest BCUT2D eigenvalue weighted by molar-refractivity contribution is 0.897. The zero-order valence-electron chi connectivity index (χ0n) is 9.06. The number of hydrogen-bond donors (Lipinski definition) is 1. The lowest BCUT2D eigenvalue weighted by Gasteiger charge is -2.00. The molecule has 0 saturated carbocycles. The molecule has 0 unspecified atom stereocenters. The zero-order valence-corrected chi connectivity index (χ0v) is 12.0. The Bertz CT molecular complexity index is 577. The summed E-state index contributed by atoms with van der Waals surface area (Å²) < 4.78 is 2.50. The van der Waals surface area contributed by atoms with Crippen LogP contribution in [-0.4, -0.2) is 15.9 Å². The van der Waals surface area contributed by atoms with Crippen LogP contribution < -0.4 is 5.73 Å². The Morgan fingerprint density at radius 2 is 2.29 bits per heavy atom. The van der Waals surface area contributed by atoms with Gasteiger partial charge in [-0.15, -0.1) is 0 Å². The first-order chi connectivity index (χ1) is 8.08. The first-order valence-corrected chi connectivity index (χ1v) is 6.33. The Kier molecular flexibility index (Phi) is 3.68. The van der Waals surface area contributed by atoms with Crippen LogP contribution in [0, 0.1) is 10.5 Å². The van der Waals surface area contributed by atoms with Gasteiger partial charge in [0.2, 0.25) is 5.95 Å². The molecule has 0 spiro atoms. The number of anilines is 1. The highest BCUT2D eigenvalue weighted by Gasteiger charge is 2.02. The highest BCUT2D eigenvalue weighted by molar-refractivity contribution is 14.1. The first kappa shape index (κ1) is 12.4. The van der Waals surface area contributed by atoms with E-state index in [1.807, 2.05) is 25.1 Å². The van der Waals surface area contributed by atoms with Crippen molar-refractivity contribution in [2.24, 2.45) is 5.10 Å². The second kappa shape index (κ2) is 5.05. The fourth-order valence-corrected chi connectivity index (χ4v) is 2.02. The van der Waals surface area contributed by atoms with Gasteiger partial charge in [0.15, 0.2) is 0 Å². The van der Waals surface area contributed by atoms with E-state index in [0.717, 1.165) is 14.8 Å². The molecule has 4 nitrogen and oxygen atoms in total. The first-order valence-electron chi connectivity index (χ1n) is 4.88. The molecule has 1 aromatic carbocycles. The Labute approximate surface area is 118 Å². The number of imidazole rings is 1. The minimum Gasteiger partial charge on any atom is -0.368 e. The smallest absolute Gasteiger partial charge is 0.221 e. The van der Waals surface area contributed by atoms with Gasteiger partial charge in [-0.25, -0.2) is 9.66 Å². The number of nitrogen functional groups attached to an aromatic ring is 1. The van der Waals surface area contributed by atoms with E-state index in [9.17, 15) is 0 Å². The molecule has 17 heavy (non-hydrogen) atoms. The van der Waals surface area contributed by atoms with Gasteiger partial charge in [-0.3, -0.25) is 0 Å². The van der Waals surface area contributed by atoms with Crippen molar-refractivity contribution in [1.82, 2.24) is 9.66 Å². The lowest BCUT2D eigenvalue weighted by Crippen LogP contribution is -1.97. The number of nitrogens with two attached hydrogens (primary N) is 1. The number of benzene rings is 1. The summed E-state index contributed by atoms with van der Waals surface area (Å²) in [7, 11) is 0. The van der Waals surface area contributed by atoms with E-state index in [-0.39, 0.29) is 0 Å². The summed E-state index contributed by atoms with van der Waals surface area (Å²) in [5.41, 5.74) is 7.47. The van der Waals surface area contributed by atoms with Crippen LogP contribution in [0.4, 0.5) is 5.95 Å². The Hall–Kier alpha value is -1.08. The van der Waals surface area contributed by atoms with Crippen LogP contribution >= 0.6 is 34.2 Å². The van der Waals surface area contributed by atoms with Gasteiger partial charge in [-0.2, -0.15) is 5.10 Å². The molecule has 2 N–H and O–H groups in total. The number of nitrogens with zero attached hydrogens (tertiary/aromatic N) is 3. The second-order valence-electron chi connectivity index (χ2n) is 3.47.